The van der Waals surface area contributed by atoms with Crippen LogP contribution in [-0.4, -0.2) is 38.1 Å². The molecule has 156 valence electrons. The summed E-state index contributed by atoms with van der Waals surface area (Å²) in [6, 6.07) is 17.1. The standard InChI is InChI=1S/C23H30N2O3S/c1-18(21-7-4-3-5-8-21)25(17-20-9-10-20)15-6-16-29(27,28)23-13-11-22(12-14-23)24-19(2)26/h3-5,7-8,11-14,18,20H,6,9-10,15-17H2,1-2H3,(H,24,26). The smallest absolute Gasteiger partial charge is 0.221 e. The molecular weight excluding hydrogens is 384 g/mol. The number of benzene rings is 2. The molecule has 1 saturated carbocycles. The highest BCUT2D eigenvalue weighted by molar-refractivity contribution is 7.91. The Hall–Kier alpha value is -2.18. The van der Waals surface area contributed by atoms with Gasteiger partial charge < -0.3 is 5.32 Å². The number of sulfone groups is 1. The van der Waals surface area contributed by atoms with Gasteiger partial charge in [-0.25, -0.2) is 8.42 Å². The third-order valence-electron chi connectivity index (χ3n) is 5.41. The topological polar surface area (TPSA) is 66.5 Å². The van der Waals surface area contributed by atoms with Gasteiger partial charge >= 0.3 is 0 Å². The van der Waals surface area contributed by atoms with E-state index in [0.717, 1.165) is 19.0 Å². The zero-order valence-corrected chi connectivity index (χ0v) is 18.0. The molecule has 5 nitrogen and oxygen atoms in total. The summed E-state index contributed by atoms with van der Waals surface area (Å²) in [4.78, 5) is 13.8. The van der Waals surface area contributed by atoms with Crippen LogP contribution in [0, 0.1) is 5.92 Å². The van der Waals surface area contributed by atoms with Crippen molar-refractivity contribution >= 4 is 21.4 Å². The van der Waals surface area contributed by atoms with Gasteiger partial charge in [0.05, 0.1) is 10.6 Å². The number of hydrogen-bond donors (Lipinski definition) is 1. The molecule has 0 radical (unpaired) electrons. The maximum atomic E-state index is 12.7. The molecule has 0 aliphatic heterocycles. The van der Waals surface area contributed by atoms with Crippen LogP contribution in [0.15, 0.2) is 59.5 Å². The lowest BCUT2D eigenvalue weighted by Gasteiger charge is -2.29. The SMILES string of the molecule is CC(=O)Nc1ccc(S(=O)(=O)CCCN(CC2CC2)C(C)c2ccccc2)cc1. The van der Waals surface area contributed by atoms with E-state index >= 15 is 0 Å². The molecule has 1 amide bonds. The highest BCUT2D eigenvalue weighted by atomic mass is 32.2. The molecule has 1 atom stereocenters. The molecule has 0 aromatic heterocycles. The molecule has 2 aromatic rings. The van der Waals surface area contributed by atoms with Crippen LogP contribution in [0.25, 0.3) is 0 Å². The first kappa shape index (κ1) is 21.5. The van der Waals surface area contributed by atoms with Crippen LogP contribution in [-0.2, 0) is 14.6 Å². The molecule has 29 heavy (non-hydrogen) atoms. The predicted molar refractivity (Wildman–Crippen MR) is 117 cm³/mol. The predicted octanol–water partition coefficient (Wildman–Crippen LogP) is 4.28. The summed E-state index contributed by atoms with van der Waals surface area (Å²) in [6.07, 6.45) is 3.15. The van der Waals surface area contributed by atoms with Crippen molar-refractivity contribution in [2.45, 2.75) is 44.0 Å². The number of nitrogens with zero attached hydrogens (tertiary/aromatic N) is 1. The van der Waals surface area contributed by atoms with Crippen LogP contribution >= 0.6 is 0 Å². The van der Waals surface area contributed by atoms with Gasteiger partial charge in [0.25, 0.3) is 0 Å². The average Bonchev–Trinajstić information content (AvgIpc) is 3.51. The van der Waals surface area contributed by atoms with Gasteiger partial charge in [-0.3, -0.25) is 9.69 Å². The lowest BCUT2D eigenvalue weighted by Crippen LogP contribution is -2.31. The Morgan fingerprint density at radius 3 is 2.34 bits per heavy atom. The van der Waals surface area contributed by atoms with Crippen molar-refractivity contribution in [1.82, 2.24) is 4.90 Å². The van der Waals surface area contributed by atoms with Gasteiger partial charge in [0.15, 0.2) is 9.84 Å². The van der Waals surface area contributed by atoms with E-state index < -0.39 is 9.84 Å². The molecule has 0 saturated heterocycles. The van der Waals surface area contributed by atoms with Crippen LogP contribution in [0.3, 0.4) is 0 Å². The summed E-state index contributed by atoms with van der Waals surface area (Å²) in [5, 5.41) is 2.65. The zero-order chi connectivity index (χ0) is 20.9. The summed E-state index contributed by atoms with van der Waals surface area (Å²) in [6.45, 7) is 5.42. The minimum Gasteiger partial charge on any atom is -0.326 e. The molecule has 1 unspecified atom stereocenters. The average molecular weight is 415 g/mol. The number of anilines is 1. The van der Waals surface area contributed by atoms with Gasteiger partial charge in [0.2, 0.25) is 5.91 Å². The summed E-state index contributed by atoms with van der Waals surface area (Å²) in [7, 11) is -3.34. The van der Waals surface area contributed by atoms with E-state index in [1.54, 1.807) is 24.3 Å². The lowest BCUT2D eigenvalue weighted by molar-refractivity contribution is -0.114. The number of amides is 1. The van der Waals surface area contributed by atoms with E-state index in [4.69, 9.17) is 0 Å². The van der Waals surface area contributed by atoms with Crippen molar-refractivity contribution in [3.05, 3.63) is 60.2 Å². The quantitative estimate of drug-likeness (QED) is 0.630. The Bertz CT molecular complexity index is 907. The van der Waals surface area contributed by atoms with Crippen LogP contribution < -0.4 is 5.32 Å². The van der Waals surface area contributed by atoms with Crippen molar-refractivity contribution in [3.8, 4) is 0 Å². The Kier molecular flexibility index (Phi) is 7.09. The molecule has 3 rings (SSSR count). The van der Waals surface area contributed by atoms with E-state index in [1.807, 2.05) is 6.07 Å². The van der Waals surface area contributed by atoms with Crippen LogP contribution in [0.1, 0.15) is 44.7 Å². The maximum Gasteiger partial charge on any atom is 0.221 e. The molecule has 6 heteroatoms. The Morgan fingerprint density at radius 2 is 1.76 bits per heavy atom. The maximum absolute atomic E-state index is 12.7. The first-order valence-electron chi connectivity index (χ1n) is 10.2. The Morgan fingerprint density at radius 1 is 1.10 bits per heavy atom. The van der Waals surface area contributed by atoms with E-state index in [2.05, 4.69) is 41.4 Å². The van der Waals surface area contributed by atoms with Crippen molar-refractivity contribution < 1.29 is 13.2 Å². The lowest BCUT2D eigenvalue weighted by atomic mass is 10.1. The second-order valence-electron chi connectivity index (χ2n) is 7.90. The molecule has 1 aliphatic rings. The molecule has 2 aromatic carbocycles. The monoisotopic (exact) mass is 414 g/mol. The van der Waals surface area contributed by atoms with Gasteiger partial charge in [-0.05, 0) is 68.5 Å². The fraction of sp³-hybridized carbons (Fsp3) is 0.435. The van der Waals surface area contributed by atoms with E-state index in [1.165, 1.54) is 25.3 Å². The first-order valence-corrected chi connectivity index (χ1v) is 11.9. The molecule has 1 aliphatic carbocycles. The van der Waals surface area contributed by atoms with Gasteiger partial charge in [-0.1, -0.05) is 30.3 Å². The Labute approximate surface area is 174 Å². The van der Waals surface area contributed by atoms with E-state index in [9.17, 15) is 13.2 Å². The van der Waals surface area contributed by atoms with Crippen molar-refractivity contribution in [2.75, 3.05) is 24.2 Å². The second kappa shape index (κ2) is 9.55. The highest BCUT2D eigenvalue weighted by Gasteiger charge is 2.27. The molecule has 1 fully saturated rings. The summed E-state index contributed by atoms with van der Waals surface area (Å²) in [5.74, 6) is 0.692. The number of hydrogen-bond acceptors (Lipinski definition) is 4. The fourth-order valence-electron chi connectivity index (χ4n) is 3.54. The molecule has 1 N–H and O–H groups in total. The molecule has 0 bridgehead atoms. The minimum atomic E-state index is -3.34. The number of rotatable bonds is 10. The zero-order valence-electron chi connectivity index (χ0n) is 17.2. The van der Waals surface area contributed by atoms with E-state index in [0.29, 0.717) is 17.0 Å². The summed E-state index contributed by atoms with van der Waals surface area (Å²) >= 11 is 0. The third kappa shape index (κ3) is 6.41. The molecule has 0 spiro atoms. The molecule has 0 heterocycles. The van der Waals surface area contributed by atoms with Crippen LogP contribution in [0.4, 0.5) is 5.69 Å². The fourth-order valence-corrected chi connectivity index (χ4v) is 4.84. The normalized spacial score (nSPS) is 15.3. The van der Waals surface area contributed by atoms with Crippen LogP contribution in [0.2, 0.25) is 0 Å². The van der Waals surface area contributed by atoms with Gasteiger partial charge in [-0.15, -0.1) is 0 Å². The van der Waals surface area contributed by atoms with Crippen molar-refractivity contribution in [1.29, 1.82) is 0 Å². The van der Waals surface area contributed by atoms with E-state index in [-0.39, 0.29) is 17.7 Å². The second-order valence-corrected chi connectivity index (χ2v) is 10.0. The summed E-state index contributed by atoms with van der Waals surface area (Å²) < 4.78 is 25.4. The van der Waals surface area contributed by atoms with Crippen molar-refractivity contribution in [3.63, 3.8) is 0 Å². The first-order chi connectivity index (χ1) is 13.8. The number of nitrogens with one attached hydrogen (secondary N) is 1. The van der Waals surface area contributed by atoms with Gasteiger partial charge in [-0.2, -0.15) is 0 Å². The Balaban J connectivity index is 1.59. The van der Waals surface area contributed by atoms with Crippen LogP contribution in [0.5, 0.6) is 0 Å². The molecular formula is C23H30N2O3S. The number of carbonyl (C=O) groups is 1. The van der Waals surface area contributed by atoms with Gasteiger partial charge in [0.1, 0.15) is 0 Å². The minimum absolute atomic E-state index is 0.120. The van der Waals surface area contributed by atoms with Crippen molar-refractivity contribution in [2.24, 2.45) is 5.92 Å². The number of carbonyl (C=O) groups excluding carboxylic acids is 1. The third-order valence-corrected chi connectivity index (χ3v) is 7.23. The summed E-state index contributed by atoms with van der Waals surface area (Å²) in [5.41, 5.74) is 1.87. The largest absolute Gasteiger partial charge is 0.326 e. The van der Waals surface area contributed by atoms with Gasteiger partial charge in [0, 0.05) is 25.2 Å². The highest BCUT2D eigenvalue weighted by Crippen LogP contribution is 2.33.